The molecule has 1 atom stereocenters. The number of nitrogens with one attached hydrogen (secondary N) is 1. The smallest absolute Gasteiger partial charge is 0.147 e. The molecule has 0 aromatic rings. The van der Waals surface area contributed by atoms with Crippen molar-refractivity contribution in [3.63, 3.8) is 0 Å². The fourth-order valence-corrected chi connectivity index (χ4v) is 2.08. The molecule has 0 heterocycles. The summed E-state index contributed by atoms with van der Waals surface area (Å²) in [6.07, 6.45) is 1.98. The SMILES string of the molecule is CCNC(CCS(C)(=O)=O)C(C)(C)C. The standard InChI is InChI=1S/C10H23NO2S/c1-6-11-9(10(2,3)4)7-8-14(5,12)13/h9,11H,6-8H2,1-5H3. The number of sulfone groups is 1. The maximum atomic E-state index is 11.0. The highest BCUT2D eigenvalue weighted by Crippen LogP contribution is 2.22. The molecule has 3 nitrogen and oxygen atoms in total. The van der Waals surface area contributed by atoms with Crippen LogP contribution in [0, 0.1) is 5.41 Å². The van der Waals surface area contributed by atoms with Gasteiger partial charge < -0.3 is 5.32 Å². The van der Waals surface area contributed by atoms with E-state index < -0.39 is 9.84 Å². The van der Waals surface area contributed by atoms with Gasteiger partial charge in [0, 0.05) is 12.3 Å². The van der Waals surface area contributed by atoms with E-state index in [1.807, 2.05) is 6.92 Å². The monoisotopic (exact) mass is 221 g/mol. The second-order valence-electron chi connectivity index (χ2n) is 4.89. The highest BCUT2D eigenvalue weighted by atomic mass is 32.2. The van der Waals surface area contributed by atoms with Gasteiger partial charge in [0.15, 0.2) is 0 Å². The lowest BCUT2D eigenvalue weighted by Crippen LogP contribution is -2.41. The van der Waals surface area contributed by atoms with Crippen molar-refractivity contribution >= 4 is 9.84 Å². The first-order chi connectivity index (χ1) is 6.17. The average molecular weight is 221 g/mol. The van der Waals surface area contributed by atoms with Crippen molar-refractivity contribution in [2.24, 2.45) is 5.41 Å². The van der Waals surface area contributed by atoms with Crippen LogP contribution in [-0.2, 0) is 9.84 Å². The zero-order chi connectivity index (χ0) is 11.4. The fraction of sp³-hybridized carbons (Fsp3) is 1.00. The van der Waals surface area contributed by atoms with Crippen LogP contribution in [0.15, 0.2) is 0 Å². The van der Waals surface area contributed by atoms with Crippen LogP contribution in [-0.4, -0.2) is 33.0 Å². The van der Waals surface area contributed by atoms with E-state index >= 15 is 0 Å². The van der Waals surface area contributed by atoms with E-state index in [0.29, 0.717) is 6.42 Å². The summed E-state index contributed by atoms with van der Waals surface area (Å²) < 4.78 is 22.1. The largest absolute Gasteiger partial charge is 0.314 e. The minimum Gasteiger partial charge on any atom is -0.314 e. The Morgan fingerprint density at radius 1 is 1.29 bits per heavy atom. The molecule has 0 saturated carbocycles. The summed E-state index contributed by atoms with van der Waals surface area (Å²) in [6, 6.07) is 0.266. The molecule has 0 aliphatic heterocycles. The lowest BCUT2D eigenvalue weighted by Gasteiger charge is -2.31. The third-order valence-corrected chi connectivity index (χ3v) is 3.25. The molecule has 0 aromatic heterocycles. The van der Waals surface area contributed by atoms with E-state index in [0.717, 1.165) is 6.54 Å². The Morgan fingerprint density at radius 2 is 1.79 bits per heavy atom. The van der Waals surface area contributed by atoms with Crippen LogP contribution in [0.1, 0.15) is 34.1 Å². The third-order valence-electron chi connectivity index (χ3n) is 2.27. The lowest BCUT2D eigenvalue weighted by atomic mass is 9.85. The number of hydrogen-bond acceptors (Lipinski definition) is 3. The lowest BCUT2D eigenvalue weighted by molar-refractivity contribution is 0.266. The molecule has 0 radical (unpaired) electrons. The Bertz CT molecular complexity index is 252. The molecule has 0 rings (SSSR count). The van der Waals surface area contributed by atoms with E-state index in [4.69, 9.17) is 0 Å². The van der Waals surface area contributed by atoms with E-state index in [1.54, 1.807) is 0 Å². The van der Waals surface area contributed by atoms with E-state index in [-0.39, 0.29) is 17.2 Å². The van der Waals surface area contributed by atoms with E-state index in [9.17, 15) is 8.42 Å². The van der Waals surface area contributed by atoms with Crippen LogP contribution in [0.5, 0.6) is 0 Å². The molecular weight excluding hydrogens is 198 g/mol. The van der Waals surface area contributed by atoms with Crippen molar-refractivity contribution in [3.8, 4) is 0 Å². The molecule has 0 aromatic carbocycles. The van der Waals surface area contributed by atoms with Crippen molar-refractivity contribution in [2.45, 2.75) is 40.2 Å². The van der Waals surface area contributed by atoms with Gasteiger partial charge in [-0.3, -0.25) is 0 Å². The minimum atomic E-state index is -2.84. The zero-order valence-electron chi connectivity index (χ0n) is 9.92. The van der Waals surface area contributed by atoms with Crippen LogP contribution in [0.4, 0.5) is 0 Å². The van der Waals surface area contributed by atoms with Gasteiger partial charge in [0.05, 0.1) is 5.75 Å². The van der Waals surface area contributed by atoms with Gasteiger partial charge in [0.1, 0.15) is 9.84 Å². The highest BCUT2D eigenvalue weighted by molar-refractivity contribution is 7.90. The molecule has 86 valence electrons. The molecule has 1 N–H and O–H groups in total. The Kier molecular flexibility index (Phi) is 5.09. The molecule has 0 aliphatic rings. The van der Waals surface area contributed by atoms with Crippen molar-refractivity contribution in [1.29, 1.82) is 0 Å². The molecule has 0 amide bonds. The normalized spacial score (nSPS) is 15.5. The van der Waals surface area contributed by atoms with Gasteiger partial charge in [-0.05, 0) is 18.4 Å². The average Bonchev–Trinajstić information content (AvgIpc) is 1.93. The van der Waals surface area contributed by atoms with Gasteiger partial charge in [0.2, 0.25) is 0 Å². The molecule has 14 heavy (non-hydrogen) atoms. The van der Waals surface area contributed by atoms with Gasteiger partial charge in [-0.1, -0.05) is 27.7 Å². The summed E-state index contributed by atoms with van der Waals surface area (Å²) in [5.41, 5.74) is 0.112. The summed E-state index contributed by atoms with van der Waals surface area (Å²) in [7, 11) is -2.84. The Hall–Kier alpha value is -0.0900. The van der Waals surface area contributed by atoms with Gasteiger partial charge in [0.25, 0.3) is 0 Å². The van der Waals surface area contributed by atoms with Crippen molar-refractivity contribution < 1.29 is 8.42 Å². The summed E-state index contributed by atoms with van der Waals surface area (Å²) >= 11 is 0. The van der Waals surface area contributed by atoms with Crippen LogP contribution in [0.2, 0.25) is 0 Å². The summed E-state index contributed by atoms with van der Waals surface area (Å²) in [4.78, 5) is 0. The van der Waals surface area contributed by atoms with Crippen molar-refractivity contribution in [3.05, 3.63) is 0 Å². The maximum absolute atomic E-state index is 11.0. The van der Waals surface area contributed by atoms with E-state index in [1.165, 1.54) is 6.26 Å². The molecule has 1 unspecified atom stereocenters. The first-order valence-electron chi connectivity index (χ1n) is 5.08. The molecule has 0 saturated heterocycles. The minimum absolute atomic E-state index is 0.112. The van der Waals surface area contributed by atoms with Crippen LogP contribution in [0.25, 0.3) is 0 Å². The van der Waals surface area contributed by atoms with E-state index in [2.05, 4.69) is 26.1 Å². The fourth-order valence-electron chi connectivity index (χ4n) is 1.42. The zero-order valence-corrected chi connectivity index (χ0v) is 10.7. The Balaban J connectivity index is 4.25. The molecule has 0 fully saturated rings. The third kappa shape index (κ3) is 6.38. The summed E-state index contributed by atoms with van der Waals surface area (Å²) in [6.45, 7) is 9.30. The molecule has 4 heteroatoms. The first-order valence-corrected chi connectivity index (χ1v) is 7.14. The predicted octanol–water partition coefficient (Wildman–Crippen LogP) is 1.45. The van der Waals surface area contributed by atoms with Gasteiger partial charge in [-0.2, -0.15) is 0 Å². The van der Waals surface area contributed by atoms with Crippen molar-refractivity contribution in [1.82, 2.24) is 5.32 Å². The molecule has 0 bridgehead atoms. The molecule has 0 spiro atoms. The molecular formula is C10H23NO2S. The summed E-state index contributed by atoms with van der Waals surface area (Å²) in [5.74, 6) is 0.266. The Morgan fingerprint density at radius 3 is 2.07 bits per heavy atom. The highest BCUT2D eigenvalue weighted by Gasteiger charge is 2.24. The topological polar surface area (TPSA) is 46.2 Å². The first kappa shape index (κ1) is 13.9. The second kappa shape index (κ2) is 5.12. The Labute approximate surface area is 88.2 Å². The van der Waals surface area contributed by atoms with Gasteiger partial charge >= 0.3 is 0 Å². The maximum Gasteiger partial charge on any atom is 0.147 e. The predicted molar refractivity (Wildman–Crippen MR) is 61.2 cm³/mol. The van der Waals surface area contributed by atoms with Crippen LogP contribution in [0.3, 0.4) is 0 Å². The van der Waals surface area contributed by atoms with Crippen LogP contribution < -0.4 is 5.32 Å². The summed E-state index contributed by atoms with van der Waals surface area (Å²) in [5, 5.41) is 3.33. The van der Waals surface area contributed by atoms with Gasteiger partial charge in [-0.15, -0.1) is 0 Å². The van der Waals surface area contributed by atoms with Crippen LogP contribution >= 0.6 is 0 Å². The number of hydrogen-bond donors (Lipinski definition) is 1. The number of rotatable bonds is 5. The van der Waals surface area contributed by atoms with Crippen molar-refractivity contribution in [2.75, 3.05) is 18.6 Å². The quantitative estimate of drug-likeness (QED) is 0.764. The second-order valence-corrected chi connectivity index (χ2v) is 7.15. The molecule has 0 aliphatic carbocycles. The van der Waals surface area contributed by atoms with Gasteiger partial charge in [-0.25, -0.2) is 8.42 Å².